The average molecular weight is 428 g/mol. The Hall–Kier alpha value is -3.16. The van der Waals surface area contributed by atoms with Gasteiger partial charge in [-0.3, -0.25) is 9.52 Å². The lowest BCUT2D eigenvalue weighted by Crippen LogP contribution is -2.21. The van der Waals surface area contributed by atoms with Crippen LogP contribution >= 0.6 is 11.6 Å². The monoisotopic (exact) mass is 427 g/mol. The van der Waals surface area contributed by atoms with Gasteiger partial charge in [0.15, 0.2) is 0 Å². The van der Waals surface area contributed by atoms with Crippen molar-refractivity contribution in [3.63, 3.8) is 0 Å². The highest BCUT2D eigenvalue weighted by molar-refractivity contribution is 7.92. The van der Waals surface area contributed by atoms with E-state index in [1.165, 1.54) is 42.6 Å². The summed E-state index contributed by atoms with van der Waals surface area (Å²) in [6.07, 6.45) is 1.51. The number of carbonyl (C=O) groups excluding carboxylic acids is 1. The molecule has 0 saturated carbocycles. The normalized spacial score (nSPS) is 11.4. The molecule has 6 nitrogen and oxygen atoms in total. The standard InChI is InChI=1S/C21H18ClN3O3S/c1-15-6-8-16(9-7-15)14-23-24-21(26)19-4-2-3-5-20(19)25-29(27,28)18-12-10-17(22)11-13-18/h2-14,25H,1H3,(H,24,26)/b23-14+. The second kappa shape index (κ2) is 8.89. The number of hydrazone groups is 1. The largest absolute Gasteiger partial charge is 0.279 e. The van der Waals surface area contributed by atoms with E-state index in [1.54, 1.807) is 12.1 Å². The van der Waals surface area contributed by atoms with Crippen LogP contribution < -0.4 is 10.1 Å². The van der Waals surface area contributed by atoms with Crippen LogP contribution in [0.25, 0.3) is 0 Å². The number of hydrogen-bond acceptors (Lipinski definition) is 4. The Morgan fingerprint density at radius 2 is 1.62 bits per heavy atom. The summed E-state index contributed by atoms with van der Waals surface area (Å²) in [6, 6.07) is 19.6. The Morgan fingerprint density at radius 1 is 0.966 bits per heavy atom. The fraction of sp³-hybridized carbons (Fsp3) is 0.0476. The SMILES string of the molecule is Cc1ccc(/C=N/NC(=O)c2ccccc2NS(=O)(=O)c2ccc(Cl)cc2)cc1. The summed E-state index contributed by atoms with van der Waals surface area (Å²) in [6.45, 7) is 1.98. The molecule has 0 radical (unpaired) electrons. The van der Waals surface area contributed by atoms with E-state index < -0.39 is 15.9 Å². The number of para-hydroxylation sites is 1. The smallest absolute Gasteiger partial charge is 0.273 e. The predicted octanol–water partition coefficient (Wildman–Crippen LogP) is 4.21. The summed E-state index contributed by atoms with van der Waals surface area (Å²) in [5, 5.41) is 4.36. The summed E-state index contributed by atoms with van der Waals surface area (Å²) in [5.41, 5.74) is 4.65. The molecule has 3 aromatic carbocycles. The second-order valence-electron chi connectivity index (χ2n) is 6.21. The van der Waals surface area contributed by atoms with E-state index in [1.807, 2.05) is 31.2 Å². The number of nitrogens with one attached hydrogen (secondary N) is 2. The molecule has 148 valence electrons. The number of carbonyl (C=O) groups is 1. The van der Waals surface area contributed by atoms with Crippen molar-refractivity contribution in [2.75, 3.05) is 4.72 Å². The minimum atomic E-state index is -3.88. The lowest BCUT2D eigenvalue weighted by Gasteiger charge is -2.11. The van der Waals surface area contributed by atoms with E-state index in [9.17, 15) is 13.2 Å². The van der Waals surface area contributed by atoms with Gasteiger partial charge in [-0.05, 0) is 48.9 Å². The van der Waals surface area contributed by atoms with Crippen molar-refractivity contribution in [1.82, 2.24) is 5.43 Å². The third kappa shape index (κ3) is 5.43. The van der Waals surface area contributed by atoms with Gasteiger partial charge in [0.1, 0.15) is 0 Å². The summed E-state index contributed by atoms with van der Waals surface area (Å²) in [4.78, 5) is 12.5. The Balaban J connectivity index is 1.76. The van der Waals surface area contributed by atoms with Crippen LogP contribution in [0.5, 0.6) is 0 Å². The predicted molar refractivity (Wildman–Crippen MR) is 115 cm³/mol. The van der Waals surface area contributed by atoms with E-state index in [0.717, 1.165) is 11.1 Å². The molecule has 8 heteroatoms. The van der Waals surface area contributed by atoms with Gasteiger partial charge in [0.05, 0.1) is 22.4 Å². The van der Waals surface area contributed by atoms with E-state index >= 15 is 0 Å². The van der Waals surface area contributed by atoms with Crippen LogP contribution in [0.1, 0.15) is 21.5 Å². The highest BCUT2D eigenvalue weighted by atomic mass is 35.5. The summed E-state index contributed by atoms with van der Waals surface area (Å²) >= 11 is 5.81. The second-order valence-corrected chi connectivity index (χ2v) is 8.33. The molecule has 0 unspecified atom stereocenters. The highest BCUT2D eigenvalue weighted by Gasteiger charge is 2.18. The molecule has 0 aliphatic rings. The number of anilines is 1. The quantitative estimate of drug-likeness (QED) is 0.456. The van der Waals surface area contributed by atoms with Crippen LogP contribution in [0.3, 0.4) is 0 Å². The van der Waals surface area contributed by atoms with E-state index in [4.69, 9.17) is 11.6 Å². The molecular formula is C21H18ClN3O3S. The van der Waals surface area contributed by atoms with Crippen LogP contribution in [-0.4, -0.2) is 20.5 Å². The van der Waals surface area contributed by atoms with Crippen LogP contribution in [-0.2, 0) is 10.0 Å². The summed E-state index contributed by atoms with van der Waals surface area (Å²) in [7, 11) is -3.88. The Labute approximate surface area is 174 Å². The third-order valence-electron chi connectivity index (χ3n) is 4.00. The number of sulfonamides is 1. The van der Waals surface area contributed by atoms with Crippen molar-refractivity contribution in [3.8, 4) is 0 Å². The lowest BCUT2D eigenvalue weighted by molar-refractivity contribution is 0.0956. The summed E-state index contributed by atoms with van der Waals surface area (Å²) < 4.78 is 27.6. The Morgan fingerprint density at radius 3 is 2.31 bits per heavy atom. The van der Waals surface area contributed by atoms with Gasteiger partial charge >= 0.3 is 0 Å². The zero-order valence-electron chi connectivity index (χ0n) is 15.5. The van der Waals surface area contributed by atoms with Crippen LogP contribution in [0.2, 0.25) is 5.02 Å². The van der Waals surface area contributed by atoms with E-state index in [0.29, 0.717) is 5.02 Å². The van der Waals surface area contributed by atoms with Crippen molar-refractivity contribution < 1.29 is 13.2 Å². The molecular weight excluding hydrogens is 410 g/mol. The Bertz CT molecular complexity index is 1140. The maximum absolute atomic E-state index is 12.6. The fourth-order valence-corrected chi connectivity index (χ4v) is 3.67. The first-order chi connectivity index (χ1) is 13.8. The van der Waals surface area contributed by atoms with Gasteiger partial charge in [-0.15, -0.1) is 0 Å². The highest BCUT2D eigenvalue weighted by Crippen LogP contribution is 2.21. The molecule has 3 rings (SSSR count). The Kier molecular flexibility index (Phi) is 6.31. The number of benzene rings is 3. The van der Waals surface area contributed by atoms with Crippen LogP contribution in [0, 0.1) is 6.92 Å². The number of amides is 1. The molecule has 0 saturated heterocycles. The minimum absolute atomic E-state index is 0.0366. The molecule has 0 aliphatic carbocycles. The van der Waals surface area contributed by atoms with Gasteiger partial charge in [0, 0.05) is 5.02 Å². The first kappa shape index (κ1) is 20.6. The first-order valence-corrected chi connectivity index (χ1v) is 10.5. The molecule has 0 atom stereocenters. The lowest BCUT2D eigenvalue weighted by atomic mass is 10.2. The number of nitrogens with zero attached hydrogens (tertiary/aromatic N) is 1. The zero-order chi connectivity index (χ0) is 20.9. The molecule has 0 bridgehead atoms. The topological polar surface area (TPSA) is 87.6 Å². The molecule has 0 heterocycles. The maximum Gasteiger partial charge on any atom is 0.273 e. The van der Waals surface area contributed by atoms with Gasteiger partial charge in [0.2, 0.25) is 0 Å². The number of halogens is 1. The van der Waals surface area contributed by atoms with Gasteiger partial charge in [0.25, 0.3) is 15.9 Å². The van der Waals surface area contributed by atoms with Crippen molar-refractivity contribution in [2.24, 2.45) is 5.10 Å². The first-order valence-electron chi connectivity index (χ1n) is 8.63. The van der Waals surface area contributed by atoms with Crippen LogP contribution in [0.4, 0.5) is 5.69 Å². The molecule has 3 aromatic rings. The molecule has 0 aromatic heterocycles. The molecule has 0 spiro atoms. The molecule has 0 fully saturated rings. The number of aryl methyl sites for hydroxylation is 1. The van der Waals surface area contributed by atoms with Gasteiger partial charge in [-0.1, -0.05) is 53.6 Å². The fourth-order valence-electron chi connectivity index (χ4n) is 2.47. The van der Waals surface area contributed by atoms with Crippen molar-refractivity contribution in [3.05, 3.63) is 94.5 Å². The molecule has 1 amide bonds. The molecule has 2 N–H and O–H groups in total. The zero-order valence-corrected chi connectivity index (χ0v) is 17.0. The summed E-state index contributed by atoms with van der Waals surface area (Å²) in [5.74, 6) is -0.539. The van der Waals surface area contributed by atoms with Crippen molar-refractivity contribution in [2.45, 2.75) is 11.8 Å². The van der Waals surface area contributed by atoms with Crippen molar-refractivity contribution >= 4 is 39.4 Å². The maximum atomic E-state index is 12.6. The van der Waals surface area contributed by atoms with Gasteiger partial charge < -0.3 is 0 Å². The van der Waals surface area contributed by atoms with E-state index in [-0.39, 0.29) is 16.1 Å². The van der Waals surface area contributed by atoms with E-state index in [2.05, 4.69) is 15.2 Å². The third-order valence-corrected chi connectivity index (χ3v) is 5.63. The van der Waals surface area contributed by atoms with Gasteiger partial charge in [-0.2, -0.15) is 5.10 Å². The van der Waals surface area contributed by atoms with Crippen LogP contribution in [0.15, 0.2) is 82.8 Å². The number of rotatable bonds is 6. The van der Waals surface area contributed by atoms with Gasteiger partial charge in [-0.25, -0.2) is 13.8 Å². The minimum Gasteiger partial charge on any atom is -0.279 e. The molecule has 29 heavy (non-hydrogen) atoms. The molecule has 0 aliphatic heterocycles. The van der Waals surface area contributed by atoms with Crippen molar-refractivity contribution in [1.29, 1.82) is 0 Å². The average Bonchev–Trinajstić information content (AvgIpc) is 2.70. The number of hydrogen-bond donors (Lipinski definition) is 2.